The predicted molar refractivity (Wildman–Crippen MR) is 167 cm³/mol. The van der Waals surface area contributed by atoms with E-state index in [1.54, 1.807) is 42.6 Å². The fourth-order valence-electron chi connectivity index (χ4n) is 5.07. The van der Waals surface area contributed by atoms with Crippen molar-refractivity contribution in [3.8, 4) is 16.9 Å². The first-order valence-corrected chi connectivity index (χ1v) is 14.6. The van der Waals surface area contributed by atoms with Gasteiger partial charge in [0.25, 0.3) is 0 Å². The van der Waals surface area contributed by atoms with Gasteiger partial charge in [0.2, 0.25) is 5.91 Å². The number of anilines is 2. The van der Waals surface area contributed by atoms with Crippen molar-refractivity contribution in [3.63, 3.8) is 0 Å². The van der Waals surface area contributed by atoms with Crippen molar-refractivity contribution in [1.29, 1.82) is 0 Å². The number of ether oxygens (including phenoxy) is 2. The summed E-state index contributed by atoms with van der Waals surface area (Å²) in [7, 11) is 2.65. The average Bonchev–Trinajstić information content (AvgIpc) is 3.74. The van der Waals surface area contributed by atoms with Crippen LogP contribution in [0.25, 0.3) is 23.0 Å². The first kappa shape index (κ1) is 31.2. The molecule has 2 amide bonds. The summed E-state index contributed by atoms with van der Waals surface area (Å²) in [5, 5.41) is 21.0. The molecule has 0 fully saturated rings. The van der Waals surface area contributed by atoms with Gasteiger partial charge in [0.1, 0.15) is 12.2 Å². The number of carbonyl (C=O) groups is 3. The molecule has 0 unspecified atom stereocenters. The number of benzene rings is 2. The van der Waals surface area contributed by atoms with Crippen LogP contribution >= 0.6 is 11.6 Å². The summed E-state index contributed by atoms with van der Waals surface area (Å²) in [4.78, 5) is 45.2. The van der Waals surface area contributed by atoms with E-state index in [0.717, 1.165) is 18.4 Å². The second-order valence-corrected chi connectivity index (χ2v) is 10.8. The van der Waals surface area contributed by atoms with E-state index in [1.165, 1.54) is 31.3 Å². The summed E-state index contributed by atoms with van der Waals surface area (Å²) in [6.07, 6.45) is 8.57. The molecule has 0 saturated carbocycles. The lowest BCUT2D eigenvalue weighted by Gasteiger charge is -2.23. The van der Waals surface area contributed by atoms with Crippen LogP contribution < -0.4 is 16.0 Å². The van der Waals surface area contributed by atoms with Crippen molar-refractivity contribution in [2.75, 3.05) is 24.9 Å². The lowest BCUT2D eigenvalue weighted by molar-refractivity contribution is -0.140. The number of halogens is 1. The van der Waals surface area contributed by atoms with E-state index in [0.29, 0.717) is 52.0 Å². The van der Waals surface area contributed by atoms with Crippen LogP contribution in [0.3, 0.4) is 0 Å². The van der Waals surface area contributed by atoms with E-state index >= 15 is 0 Å². The number of esters is 1. The molecule has 0 saturated heterocycles. The van der Waals surface area contributed by atoms with Gasteiger partial charge in [-0.05, 0) is 65.7 Å². The number of nitrogens with zero attached hydrogens (tertiary/aromatic N) is 5. The zero-order valence-corrected chi connectivity index (χ0v) is 25.4. The van der Waals surface area contributed by atoms with Gasteiger partial charge in [-0.25, -0.2) is 9.78 Å². The Labute approximate surface area is 263 Å². The molecule has 0 aliphatic carbocycles. The molecule has 4 N–H and O–H groups in total. The van der Waals surface area contributed by atoms with Crippen LogP contribution in [0.4, 0.5) is 16.2 Å². The van der Waals surface area contributed by atoms with Crippen LogP contribution in [0.2, 0.25) is 5.02 Å². The molecule has 4 aromatic rings. The zero-order valence-electron chi connectivity index (χ0n) is 24.6. The number of fused-ring (bicyclic) bond motifs is 4. The van der Waals surface area contributed by atoms with Crippen molar-refractivity contribution >= 4 is 47.0 Å². The molecule has 15 heteroatoms. The number of hydrogen-bond acceptors (Lipinski definition) is 10. The Kier molecular flexibility index (Phi) is 10.0. The third kappa shape index (κ3) is 8.03. The number of rotatable bonds is 7. The number of amides is 2. The Morgan fingerprint density at radius 3 is 2.73 bits per heavy atom. The maximum absolute atomic E-state index is 13.2. The molecule has 2 bridgehead atoms. The number of imidazole rings is 1. The number of aromatic amines is 1. The van der Waals surface area contributed by atoms with Gasteiger partial charge in [0.15, 0.2) is 0 Å². The molecule has 45 heavy (non-hydrogen) atoms. The molecule has 2 aromatic carbocycles. The Bertz CT molecular complexity index is 1690. The van der Waals surface area contributed by atoms with Crippen molar-refractivity contribution in [3.05, 3.63) is 71.4 Å². The van der Waals surface area contributed by atoms with Crippen LogP contribution in [-0.2, 0) is 19.1 Å². The molecule has 0 radical (unpaired) electrons. The van der Waals surface area contributed by atoms with Gasteiger partial charge in [0, 0.05) is 39.6 Å². The molecule has 5 rings (SSSR count). The van der Waals surface area contributed by atoms with Gasteiger partial charge in [-0.15, -0.1) is 5.10 Å². The summed E-state index contributed by atoms with van der Waals surface area (Å²) in [5.41, 5.74) is 3.96. The van der Waals surface area contributed by atoms with E-state index < -0.39 is 12.1 Å². The molecule has 2 atom stereocenters. The molecule has 2 aromatic heterocycles. The second-order valence-electron chi connectivity index (χ2n) is 10.3. The van der Waals surface area contributed by atoms with Crippen molar-refractivity contribution < 1.29 is 23.9 Å². The van der Waals surface area contributed by atoms with Crippen LogP contribution in [0, 0.1) is 0 Å². The fourth-order valence-corrected chi connectivity index (χ4v) is 5.25. The van der Waals surface area contributed by atoms with Crippen molar-refractivity contribution in [1.82, 2.24) is 35.5 Å². The summed E-state index contributed by atoms with van der Waals surface area (Å²) < 4.78 is 11.2. The number of aromatic nitrogens is 6. The minimum atomic E-state index is -0.604. The molecular weight excluding hydrogens is 602 g/mol. The molecule has 1 aliphatic rings. The molecule has 14 nitrogen and oxygen atoms in total. The van der Waals surface area contributed by atoms with Crippen LogP contribution in [0.1, 0.15) is 49.5 Å². The summed E-state index contributed by atoms with van der Waals surface area (Å²) in [6, 6.07) is 9.89. The SMILES string of the molecule is COC(=O)C[C@H]1CCCC[C@H](NC(=O)/C=C/c2cc(Cl)ccc2-n2cnnn2)c2ncc([nH]2)-c2ccc(NC(=O)OC)cc2N1. The Morgan fingerprint density at radius 2 is 1.96 bits per heavy atom. The first-order chi connectivity index (χ1) is 21.8. The highest BCUT2D eigenvalue weighted by molar-refractivity contribution is 6.30. The van der Waals surface area contributed by atoms with Gasteiger partial charge in [-0.3, -0.25) is 14.9 Å². The minimum Gasteiger partial charge on any atom is -0.469 e. The third-order valence-corrected chi connectivity index (χ3v) is 7.51. The van der Waals surface area contributed by atoms with E-state index in [-0.39, 0.29) is 24.3 Å². The van der Waals surface area contributed by atoms with Crippen LogP contribution in [0.15, 0.2) is 55.0 Å². The molecule has 234 valence electrons. The molecule has 1 aliphatic heterocycles. The van der Waals surface area contributed by atoms with E-state index in [4.69, 9.17) is 21.1 Å². The molecular formula is C30H32ClN9O5. The quantitative estimate of drug-likeness (QED) is 0.165. The molecule has 0 spiro atoms. The smallest absolute Gasteiger partial charge is 0.411 e. The second kappa shape index (κ2) is 14.5. The predicted octanol–water partition coefficient (Wildman–Crippen LogP) is 4.67. The monoisotopic (exact) mass is 633 g/mol. The number of methoxy groups -OCH3 is 2. The molecule has 3 heterocycles. The summed E-state index contributed by atoms with van der Waals surface area (Å²) in [5.74, 6) is -0.0659. The summed E-state index contributed by atoms with van der Waals surface area (Å²) >= 11 is 6.22. The minimum absolute atomic E-state index is 0.153. The van der Waals surface area contributed by atoms with Gasteiger partial charge < -0.3 is 25.1 Å². The number of tetrazole rings is 1. The van der Waals surface area contributed by atoms with Gasteiger partial charge in [0.05, 0.1) is 44.3 Å². The highest BCUT2D eigenvalue weighted by Crippen LogP contribution is 2.33. The van der Waals surface area contributed by atoms with Crippen molar-refractivity contribution in [2.45, 2.75) is 44.2 Å². The number of carbonyl (C=O) groups excluding carboxylic acids is 3. The first-order valence-electron chi connectivity index (χ1n) is 14.2. The third-order valence-electron chi connectivity index (χ3n) is 7.28. The van der Waals surface area contributed by atoms with Crippen LogP contribution in [-0.4, -0.2) is 68.4 Å². The average molecular weight is 634 g/mol. The topological polar surface area (TPSA) is 178 Å². The lowest BCUT2D eigenvalue weighted by atomic mass is 10.0. The number of nitrogens with one attached hydrogen (secondary N) is 4. The Hall–Kier alpha value is -5.24. The maximum atomic E-state index is 13.2. The van der Waals surface area contributed by atoms with E-state index in [9.17, 15) is 14.4 Å². The normalized spacial score (nSPS) is 16.4. The zero-order chi connectivity index (χ0) is 31.8. The van der Waals surface area contributed by atoms with Gasteiger partial charge in [-0.1, -0.05) is 24.4 Å². The largest absolute Gasteiger partial charge is 0.469 e. The maximum Gasteiger partial charge on any atom is 0.411 e. The van der Waals surface area contributed by atoms with E-state index in [2.05, 4.69) is 41.4 Å². The lowest BCUT2D eigenvalue weighted by Crippen LogP contribution is -2.28. The Morgan fingerprint density at radius 1 is 1.11 bits per heavy atom. The Balaban J connectivity index is 1.41. The fraction of sp³-hybridized carbons (Fsp3) is 0.300. The standard InChI is InChI=1S/C30H32ClN9O5/c1-44-28(42)15-20-5-3-4-6-23(36-27(41)12-7-18-13-19(31)8-11-26(18)40-17-33-38-39-40)29-32-16-25(37-29)22-10-9-21(14-24(22)34-20)35-30(43)45-2/h7-14,16-17,20,23,34H,3-6,15H2,1-2H3,(H,32,37)(H,35,43)(H,36,41)/b12-7+/t20-,23+/m1/s1. The van der Waals surface area contributed by atoms with Crippen LogP contribution in [0.5, 0.6) is 0 Å². The van der Waals surface area contributed by atoms with Gasteiger partial charge >= 0.3 is 12.1 Å². The number of hydrogen-bond donors (Lipinski definition) is 4. The van der Waals surface area contributed by atoms with Gasteiger partial charge in [-0.2, -0.15) is 4.68 Å². The van der Waals surface area contributed by atoms with Crippen molar-refractivity contribution in [2.24, 2.45) is 0 Å². The highest BCUT2D eigenvalue weighted by Gasteiger charge is 2.22. The highest BCUT2D eigenvalue weighted by atomic mass is 35.5. The number of H-pyrrole nitrogens is 1. The van der Waals surface area contributed by atoms with E-state index in [1.807, 2.05) is 6.07 Å². The summed E-state index contributed by atoms with van der Waals surface area (Å²) in [6.45, 7) is 0.